The van der Waals surface area contributed by atoms with Crippen LogP contribution in [0.1, 0.15) is 6.42 Å². The number of hydrogen-bond donors (Lipinski definition) is 2. The first-order valence-electron chi connectivity index (χ1n) is 8.39. The van der Waals surface area contributed by atoms with E-state index in [1.54, 1.807) is 47.4 Å². The minimum atomic E-state index is -0.706. The van der Waals surface area contributed by atoms with Gasteiger partial charge in [0.2, 0.25) is 11.8 Å². The SMILES string of the molecule is Cl.NCCOc1ccc(NC(=O)C2CCN(c3cccc(Cl)c3)C2=O)cc1. The number of halogens is 2. The molecule has 1 heterocycles. The second-order valence-electron chi connectivity index (χ2n) is 5.96. The predicted octanol–water partition coefficient (Wildman–Crippen LogP) is 3.09. The summed E-state index contributed by atoms with van der Waals surface area (Å²) in [6, 6.07) is 14.0. The number of rotatable bonds is 6. The number of nitrogens with zero attached hydrogens (tertiary/aromatic N) is 1. The van der Waals surface area contributed by atoms with Crippen molar-refractivity contribution < 1.29 is 14.3 Å². The van der Waals surface area contributed by atoms with Crippen molar-refractivity contribution in [2.24, 2.45) is 11.7 Å². The summed E-state index contributed by atoms with van der Waals surface area (Å²) in [5, 5.41) is 3.34. The second-order valence-corrected chi connectivity index (χ2v) is 6.40. The molecule has 0 spiro atoms. The van der Waals surface area contributed by atoms with Gasteiger partial charge in [0.15, 0.2) is 0 Å². The molecule has 1 fully saturated rings. The maximum atomic E-state index is 12.6. The van der Waals surface area contributed by atoms with Crippen LogP contribution in [0, 0.1) is 5.92 Å². The molecular formula is C19H21Cl2N3O3. The van der Waals surface area contributed by atoms with Crippen molar-refractivity contribution in [1.29, 1.82) is 0 Å². The van der Waals surface area contributed by atoms with E-state index in [-0.39, 0.29) is 24.2 Å². The van der Waals surface area contributed by atoms with Gasteiger partial charge in [0, 0.05) is 29.5 Å². The lowest BCUT2D eigenvalue weighted by molar-refractivity contribution is -0.129. The summed E-state index contributed by atoms with van der Waals surface area (Å²) in [5.41, 5.74) is 6.71. The van der Waals surface area contributed by atoms with E-state index < -0.39 is 5.92 Å². The Kier molecular flexibility index (Phi) is 7.47. The highest BCUT2D eigenvalue weighted by Crippen LogP contribution is 2.28. The van der Waals surface area contributed by atoms with Crippen LogP contribution in [0.25, 0.3) is 0 Å². The summed E-state index contributed by atoms with van der Waals surface area (Å²) >= 11 is 5.99. The number of nitrogens with one attached hydrogen (secondary N) is 1. The van der Waals surface area contributed by atoms with Gasteiger partial charge in [-0.15, -0.1) is 12.4 Å². The molecule has 1 saturated heterocycles. The van der Waals surface area contributed by atoms with Crippen LogP contribution in [0.3, 0.4) is 0 Å². The van der Waals surface area contributed by atoms with E-state index in [4.69, 9.17) is 22.1 Å². The molecule has 1 aliphatic heterocycles. The van der Waals surface area contributed by atoms with Gasteiger partial charge < -0.3 is 20.7 Å². The standard InChI is InChI=1S/C19H20ClN3O3.ClH/c20-13-2-1-3-15(12-13)23-10-8-17(19(23)25)18(24)22-14-4-6-16(7-5-14)26-11-9-21;/h1-7,12,17H,8-11,21H2,(H,22,24);1H. The summed E-state index contributed by atoms with van der Waals surface area (Å²) in [6.45, 7) is 1.36. The molecule has 0 bridgehead atoms. The Labute approximate surface area is 169 Å². The van der Waals surface area contributed by atoms with E-state index in [1.165, 1.54) is 0 Å². The lowest BCUT2D eigenvalue weighted by atomic mass is 10.1. The molecule has 0 aromatic heterocycles. The van der Waals surface area contributed by atoms with Gasteiger partial charge in [-0.25, -0.2) is 0 Å². The normalized spacial score (nSPS) is 16.0. The van der Waals surface area contributed by atoms with E-state index in [0.29, 0.717) is 48.3 Å². The van der Waals surface area contributed by atoms with E-state index >= 15 is 0 Å². The fourth-order valence-corrected chi connectivity index (χ4v) is 3.05. The summed E-state index contributed by atoms with van der Waals surface area (Å²) in [7, 11) is 0. The first-order chi connectivity index (χ1) is 12.6. The van der Waals surface area contributed by atoms with Crippen molar-refractivity contribution in [2.75, 3.05) is 29.9 Å². The van der Waals surface area contributed by atoms with E-state index in [1.807, 2.05) is 6.07 Å². The second kappa shape index (κ2) is 9.60. The molecular weight excluding hydrogens is 389 g/mol. The highest BCUT2D eigenvalue weighted by atomic mass is 35.5. The van der Waals surface area contributed by atoms with Gasteiger partial charge in [0.1, 0.15) is 18.3 Å². The van der Waals surface area contributed by atoms with Crippen LogP contribution in [0.5, 0.6) is 5.75 Å². The number of ether oxygens (including phenoxy) is 1. The Morgan fingerprint density at radius 1 is 1.26 bits per heavy atom. The first-order valence-corrected chi connectivity index (χ1v) is 8.77. The van der Waals surface area contributed by atoms with Crippen molar-refractivity contribution in [3.63, 3.8) is 0 Å². The molecule has 6 nitrogen and oxygen atoms in total. The number of anilines is 2. The lowest BCUT2D eigenvalue weighted by Gasteiger charge is -2.17. The number of carbonyl (C=O) groups excluding carboxylic acids is 2. The Balaban J connectivity index is 0.00000261. The average Bonchev–Trinajstić information content (AvgIpc) is 3.03. The molecule has 2 aromatic rings. The van der Waals surface area contributed by atoms with Crippen LogP contribution in [-0.2, 0) is 9.59 Å². The Morgan fingerprint density at radius 2 is 2.00 bits per heavy atom. The zero-order chi connectivity index (χ0) is 18.5. The Hall–Kier alpha value is -2.28. The molecule has 1 unspecified atom stereocenters. The predicted molar refractivity (Wildman–Crippen MR) is 109 cm³/mol. The molecule has 3 rings (SSSR count). The van der Waals surface area contributed by atoms with Gasteiger partial charge >= 0.3 is 0 Å². The van der Waals surface area contributed by atoms with Crippen LogP contribution in [-0.4, -0.2) is 31.5 Å². The van der Waals surface area contributed by atoms with Crippen molar-refractivity contribution in [3.8, 4) is 5.75 Å². The maximum Gasteiger partial charge on any atom is 0.239 e. The highest BCUT2D eigenvalue weighted by Gasteiger charge is 2.37. The van der Waals surface area contributed by atoms with E-state index in [9.17, 15) is 9.59 Å². The fraction of sp³-hybridized carbons (Fsp3) is 0.263. The first kappa shape index (κ1) is 21.0. The number of amides is 2. The third-order valence-electron chi connectivity index (χ3n) is 4.15. The molecule has 3 N–H and O–H groups in total. The molecule has 27 heavy (non-hydrogen) atoms. The molecule has 2 aromatic carbocycles. The van der Waals surface area contributed by atoms with Gasteiger partial charge in [-0.1, -0.05) is 17.7 Å². The zero-order valence-electron chi connectivity index (χ0n) is 14.6. The van der Waals surface area contributed by atoms with Crippen molar-refractivity contribution in [3.05, 3.63) is 53.6 Å². The minimum absolute atomic E-state index is 0. The third kappa shape index (κ3) is 5.13. The molecule has 1 aliphatic rings. The average molecular weight is 410 g/mol. The molecule has 8 heteroatoms. The molecule has 144 valence electrons. The quantitative estimate of drug-likeness (QED) is 0.717. The van der Waals surface area contributed by atoms with Crippen LogP contribution in [0.15, 0.2) is 48.5 Å². The van der Waals surface area contributed by atoms with E-state index in [0.717, 1.165) is 0 Å². The summed E-state index contributed by atoms with van der Waals surface area (Å²) in [4.78, 5) is 26.7. The number of nitrogens with two attached hydrogens (primary N) is 1. The number of carbonyl (C=O) groups is 2. The van der Waals surface area contributed by atoms with Gasteiger partial charge in [-0.2, -0.15) is 0 Å². The molecule has 0 saturated carbocycles. The Bertz CT molecular complexity index is 799. The smallest absolute Gasteiger partial charge is 0.239 e. The number of benzene rings is 2. The summed E-state index contributed by atoms with van der Waals surface area (Å²) in [6.07, 6.45) is 0.467. The molecule has 1 atom stereocenters. The van der Waals surface area contributed by atoms with Crippen LogP contribution in [0.4, 0.5) is 11.4 Å². The van der Waals surface area contributed by atoms with Gasteiger partial charge in [0.05, 0.1) is 0 Å². The number of hydrogen-bond acceptors (Lipinski definition) is 4. The maximum absolute atomic E-state index is 12.6. The topological polar surface area (TPSA) is 84.7 Å². The van der Waals surface area contributed by atoms with Gasteiger partial charge in [-0.05, 0) is 48.9 Å². The van der Waals surface area contributed by atoms with Crippen LogP contribution >= 0.6 is 24.0 Å². The third-order valence-corrected chi connectivity index (χ3v) is 4.39. The monoisotopic (exact) mass is 409 g/mol. The summed E-state index contributed by atoms with van der Waals surface area (Å²) in [5.74, 6) is -0.553. The highest BCUT2D eigenvalue weighted by molar-refractivity contribution is 6.31. The molecule has 0 aliphatic carbocycles. The summed E-state index contributed by atoms with van der Waals surface area (Å²) < 4.78 is 5.40. The van der Waals surface area contributed by atoms with E-state index in [2.05, 4.69) is 5.32 Å². The van der Waals surface area contributed by atoms with Gasteiger partial charge in [0.25, 0.3) is 0 Å². The van der Waals surface area contributed by atoms with Crippen molar-refractivity contribution >= 4 is 47.2 Å². The zero-order valence-corrected chi connectivity index (χ0v) is 16.1. The van der Waals surface area contributed by atoms with Crippen LogP contribution in [0.2, 0.25) is 5.02 Å². The van der Waals surface area contributed by atoms with Gasteiger partial charge in [-0.3, -0.25) is 9.59 Å². The van der Waals surface area contributed by atoms with Crippen LogP contribution < -0.4 is 20.7 Å². The lowest BCUT2D eigenvalue weighted by Crippen LogP contribution is -2.33. The molecule has 0 radical (unpaired) electrons. The van der Waals surface area contributed by atoms with Crippen molar-refractivity contribution in [2.45, 2.75) is 6.42 Å². The fourth-order valence-electron chi connectivity index (χ4n) is 2.86. The Morgan fingerprint density at radius 3 is 2.67 bits per heavy atom. The van der Waals surface area contributed by atoms with Crippen molar-refractivity contribution in [1.82, 2.24) is 0 Å². The molecule has 2 amide bonds. The largest absolute Gasteiger partial charge is 0.492 e. The minimum Gasteiger partial charge on any atom is -0.492 e.